The molecule has 0 spiro atoms. The molecule has 5 nitrogen and oxygen atoms in total. The Morgan fingerprint density at radius 3 is 2.90 bits per heavy atom. The van der Waals surface area contributed by atoms with Gasteiger partial charge < -0.3 is 10.2 Å². The lowest BCUT2D eigenvalue weighted by molar-refractivity contribution is 0.102. The van der Waals surface area contributed by atoms with Gasteiger partial charge in [0.1, 0.15) is 5.82 Å². The molecule has 0 unspecified atom stereocenters. The summed E-state index contributed by atoms with van der Waals surface area (Å²) in [5, 5.41) is 6.87. The predicted molar refractivity (Wildman–Crippen MR) is 87.9 cm³/mol. The normalized spacial score (nSPS) is 10.9. The molecule has 2 aromatic rings. The van der Waals surface area contributed by atoms with Crippen molar-refractivity contribution in [3.63, 3.8) is 0 Å². The van der Waals surface area contributed by atoms with Crippen LogP contribution in [0.2, 0.25) is 0 Å². The highest BCUT2D eigenvalue weighted by Crippen LogP contribution is 2.14. The number of likely N-dealkylation sites (N-methyl/N-ethyl adjacent to an activating group) is 1. The van der Waals surface area contributed by atoms with E-state index in [1.165, 1.54) is 6.07 Å². The molecule has 7 heteroatoms. The number of rotatable bonds is 5. The van der Waals surface area contributed by atoms with Gasteiger partial charge in [0.15, 0.2) is 0 Å². The highest BCUT2D eigenvalue weighted by atomic mass is 127. The summed E-state index contributed by atoms with van der Waals surface area (Å²) in [7, 11) is 3.97. The molecule has 1 N–H and O–H groups in total. The van der Waals surface area contributed by atoms with E-state index in [1.54, 1.807) is 29.2 Å². The number of hydrogen-bond donors (Lipinski definition) is 1. The molecule has 0 fully saturated rings. The van der Waals surface area contributed by atoms with Crippen molar-refractivity contribution in [2.45, 2.75) is 6.54 Å². The molecule has 0 radical (unpaired) electrons. The third-order valence-electron chi connectivity index (χ3n) is 2.85. The van der Waals surface area contributed by atoms with Gasteiger partial charge in [-0.2, -0.15) is 5.10 Å². The second-order valence-corrected chi connectivity index (χ2v) is 6.04. The Hall–Kier alpha value is -1.48. The molecule has 0 atom stereocenters. The smallest absolute Gasteiger partial charge is 0.255 e. The monoisotopic (exact) mass is 402 g/mol. The molecular formula is C14H16FIN4O. The summed E-state index contributed by atoms with van der Waals surface area (Å²) in [6, 6.07) is 4.40. The SMILES string of the molecule is CN(C)CCn1cc(NC(=O)c2ccc(I)c(F)c2)cn1. The molecule has 21 heavy (non-hydrogen) atoms. The number of nitrogens with one attached hydrogen (secondary N) is 1. The summed E-state index contributed by atoms with van der Waals surface area (Å²) >= 11 is 1.88. The average Bonchev–Trinajstić information content (AvgIpc) is 2.87. The van der Waals surface area contributed by atoms with E-state index in [0.717, 1.165) is 13.1 Å². The highest BCUT2D eigenvalue weighted by Gasteiger charge is 2.10. The summed E-state index contributed by atoms with van der Waals surface area (Å²) < 4.78 is 15.7. The number of amides is 1. The van der Waals surface area contributed by atoms with Crippen LogP contribution >= 0.6 is 22.6 Å². The van der Waals surface area contributed by atoms with E-state index in [1.807, 2.05) is 41.6 Å². The first-order valence-corrected chi connectivity index (χ1v) is 7.47. The molecule has 0 bridgehead atoms. The third-order valence-corrected chi connectivity index (χ3v) is 3.72. The van der Waals surface area contributed by atoms with Crippen molar-refractivity contribution in [2.24, 2.45) is 0 Å². The van der Waals surface area contributed by atoms with Crippen LogP contribution in [0.3, 0.4) is 0 Å². The van der Waals surface area contributed by atoms with Gasteiger partial charge in [0, 0.05) is 21.9 Å². The number of hydrogen-bond acceptors (Lipinski definition) is 3. The second-order valence-electron chi connectivity index (χ2n) is 4.88. The van der Waals surface area contributed by atoms with Gasteiger partial charge in [-0.1, -0.05) is 0 Å². The number of carbonyl (C=O) groups excluding carboxylic acids is 1. The minimum absolute atomic E-state index is 0.286. The van der Waals surface area contributed by atoms with Crippen LogP contribution < -0.4 is 5.32 Å². The van der Waals surface area contributed by atoms with Gasteiger partial charge in [0.05, 0.1) is 18.4 Å². The van der Waals surface area contributed by atoms with Crippen molar-refractivity contribution < 1.29 is 9.18 Å². The molecule has 0 saturated carbocycles. The Kier molecular flexibility index (Phi) is 5.29. The lowest BCUT2D eigenvalue weighted by Crippen LogP contribution is -2.18. The molecule has 0 aliphatic heterocycles. The van der Waals surface area contributed by atoms with Crippen molar-refractivity contribution in [1.29, 1.82) is 0 Å². The van der Waals surface area contributed by atoms with Crippen molar-refractivity contribution >= 4 is 34.2 Å². The molecule has 112 valence electrons. The van der Waals surface area contributed by atoms with Crippen LogP contribution in [-0.4, -0.2) is 41.2 Å². The van der Waals surface area contributed by atoms with Gasteiger partial charge in [0.2, 0.25) is 0 Å². The maximum absolute atomic E-state index is 13.4. The molecule has 1 heterocycles. The second kappa shape index (κ2) is 6.99. The largest absolute Gasteiger partial charge is 0.319 e. The summed E-state index contributed by atoms with van der Waals surface area (Å²) in [6.07, 6.45) is 3.33. The number of anilines is 1. The van der Waals surface area contributed by atoms with Crippen LogP contribution in [0.25, 0.3) is 0 Å². The fraction of sp³-hybridized carbons (Fsp3) is 0.286. The zero-order valence-corrected chi connectivity index (χ0v) is 14.0. The molecule has 1 aromatic carbocycles. The zero-order valence-electron chi connectivity index (χ0n) is 11.8. The fourth-order valence-electron chi connectivity index (χ4n) is 1.69. The Bertz CT molecular complexity index is 642. The average molecular weight is 402 g/mol. The van der Waals surface area contributed by atoms with E-state index < -0.39 is 5.82 Å². The standard InChI is InChI=1S/C14H16FIN4O/c1-19(2)5-6-20-9-11(8-17-20)18-14(21)10-3-4-13(16)12(15)7-10/h3-4,7-9H,5-6H2,1-2H3,(H,18,21). The van der Waals surface area contributed by atoms with E-state index in [2.05, 4.69) is 10.4 Å². The van der Waals surface area contributed by atoms with Crippen molar-refractivity contribution in [3.8, 4) is 0 Å². The maximum atomic E-state index is 13.4. The van der Waals surface area contributed by atoms with Gasteiger partial charge in [0.25, 0.3) is 5.91 Å². The summed E-state index contributed by atoms with van der Waals surface area (Å²) in [5.41, 5.74) is 0.881. The lowest BCUT2D eigenvalue weighted by atomic mass is 10.2. The Morgan fingerprint density at radius 2 is 2.24 bits per heavy atom. The Labute approximate surface area is 136 Å². The highest BCUT2D eigenvalue weighted by molar-refractivity contribution is 14.1. The molecular weight excluding hydrogens is 386 g/mol. The molecule has 0 aliphatic carbocycles. The summed E-state index contributed by atoms with van der Waals surface area (Å²) in [5.74, 6) is -0.748. The van der Waals surface area contributed by atoms with E-state index in [4.69, 9.17) is 0 Å². The fourth-order valence-corrected chi connectivity index (χ4v) is 2.03. The number of carbonyl (C=O) groups is 1. The van der Waals surface area contributed by atoms with Crippen LogP contribution in [0.15, 0.2) is 30.6 Å². The zero-order chi connectivity index (χ0) is 15.4. The van der Waals surface area contributed by atoms with Gasteiger partial charge in [-0.25, -0.2) is 4.39 Å². The van der Waals surface area contributed by atoms with Gasteiger partial charge in [-0.15, -0.1) is 0 Å². The third kappa shape index (κ3) is 4.50. The first kappa shape index (κ1) is 15.9. The van der Waals surface area contributed by atoms with Gasteiger partial charge in [-0.3, -0.25) is 9.48 Å². The van der Waals surface area contributed by atoms with Gasteiger partial charge in [-0.05, 0) is 54.9 Å². The molecule has 0 aliphatic rings. The molecule has 0 saturated heterocycles. The van der Waals surface area contributed by atoms with E-state index in [0.29, 0.717) is 9.26 Å². The number of nitrogens with zero attached hydrogens (tertiary/aromatic N) is 3. The summed E-state index contributed by atoms with van der Waals surface area (Å²) in [6.45, 7) is 1.60. The lowest BCUT2D eigenvalue weighted by Gasteiger charge is -2.08. The van der Waals surface area contributed by atoms with Crippen LogP contribution in [0.4, 0.5) is 10.1 Å². The number of halogens is 2. The minimum Gasteiger partial charge on any atom is -0.319 e. The van der Waals surface area contributed by atoms with Crippen molar-refractivity contribution in [3.05, 3.63) is 45.5 Å². The van der Waals surface area contributed by atoms with Crippen LogP contribution in [-0.2, 0) is 6.54 Å². The quantitative estimate of drug-likeness (QED) is 0.782. The Balaban J connectivity index is 2.00. The van der Waals surface area contributed by atoms with Crippen molar-refractivity contribution in [2.75, 3.05) is 26.0 Å². The van der Waals surface area contributed by atoms with Crippen molar-refractivity contribution in [1.82, 2.24) is 14.7 Å². The number of benzene rings is 1. The molecule has 2 rings (SSSR count). The van der Waals surface area contributed by atoms with E-state index in [9.17, 15) is 9.18 Å². The molecule has 1 amide bonds. The van der Waals surface area contributed by atoms with Crippen LogP contribution in [0, 0.1) is 9.39 Å². The number of aromatic nitrogens is 2. The van der Waals surface area contributed by atoms with Gasteiger partial charge >= 0.3 is 0 Å². The van der Waals surface area contributed by atoms with E-state index in [-0.39, 0.29) is 11.5 Å². The first-order valence-electron chi connectivity index (χ1n) is 6.39. The summed E-state index contributed by atoms with van der Waals surface area (Å²) in [4.78, 5) is 14.1. The predicted octanol–water partition coefficient (Wildman–Crippen LogP) is 2.44. The van der Waals surface area contributed by atoms with Crippen LogP contribution in [0.5, 0.6) is 0 Å². The maximum Gasteiger partial charge on any atom is 0.255 e. The van der Waals surface area contributed by atoms with E-state index >= 15 is 0 Å². The Morgan fingerprint density at radius 1 is 1.48 bits per heavy atom. The van der Waals surface area contributed by atoms with Crippen LogP contribution in [0.1, 0.15) is 10.4 Å². The minimum atomic E-state index is -0.398. The topological polar surface area (TPSA) is 50.2 Å². The first-order chi connectivity index (χ1) is 9.95. The molecule has 1 aromatic heterocycles.